The molecule has 90 valence electrons. The minimum Gasteiger partial charge on any atom is -0.466 e. The van der Waals surface area contributed by atoms with Crippen LogP contribution >= 0.6 is 0 Å². The van der Waals surface area contributed by atoms with E-state index in [-0.39, 0.29) is 5.97 Å². The van der Waals surface area contributed by atoms with Gasteiger partial charge in [0.15, 0.2) is 0 Å². The molecular weight excluding hydrogens is 212 g/mol. The Morgan fingerprint density at radius 1 is 1.35 bits per heavy atom. The van der Waals surface area contributed by atoms with Crippen LogP contribution in [0.1, 0.15) is 24.0 Å². The van der Waals surface area contributed by atoms with E-state index in [0.717, 1.165) is 12.0 Å². The van der Waals surface area contributed by atoms with E-state index in [9.17, 15) is 4.79 Å². The Morgan fingerprint density at radius 3 is 2.53 bits per heavy atom. The van der Waals surface area contributed by atoms with Crippen LogP contribution in [0.25, 0.3) is 6.08 Å². The van der Waals surface area contributed by atoms with Crippen molar-refractivity contribution in [1.29, 1.82) is 0 Å². The maximum atomic E-state index is 11.6. The first-order valence-corrected chi connectivity index (χ1v) is 5.64. The molecule has 17 heavy (non-hydrogen) atoms. The third kappa shape index (κ3) is 4.27. The second-order valence-electron chi connectivity index (χ2n) is 3.90. The first kappa shape index (κ1) is 13.2. The molecule has 0 fully saturated rings. The molecule has 0 aromatic heterocycles. The van der Waals surface area contributed by atoms with E-state index < -0.39 is 0 Å². The Bertz CT molecular complexity index is 413. The number of allylic oxidation sites excluding steroid dienone is 1. The predicted molar refractivity (Wildman–Crippen MR) is 70.6 cm³/mol. The highest BCUT2D eigenvalue weighted by molar-refractivity contribution is 5.93. The standard InChI is InChI=1S/C15H18O2/c1-4-5-6-14(15(16)17-3)11-13-9-7-12(2)8-10-13/h4,7-11H,1,5-6H2,2-3H3/b14-11+. The monoisotopic (exact) mass is 230 g/mol. The van der Waals surface area contributed by atoms with E-state index in [1.165, 1.54) is 12.7 Å². The van der Waals surface area contributed by atoms with Crippen LogP contribution in [-0.2, 0) is 9.53 Å². The summed E-state index contributed by atoms with van der Waals surface area (Å²) >= 11 is 0. The molecule has 2 nitrogen and oxygen atoms in total. The Morgan fingerprint density at radius 2 is 2.00 bits per heavy atom. The minimum absolute atomic E-state index is 0.271. The Labute approximate surface area is 103 Å². The summed E-state index contributed by atoms with van der Waals surface area (Å²) in [7, 11) is 1.40. The molecule has 0 N–H and O–H groups in total. The van der Waals surface area contributed by atoms with Crippen LogP contribution in [0.15, 0.2) is 42.5 Å². The molecule has 0 atom stereocenters. The van der Waals surface area contributed by atoms with E-state index in [1.807, 2.05) is 37.3 Å². The Hall–Kier alpha value is -1.83. The van der Waals surface area contributed by atoms with Gasteiger partial charge in [-0.3, -0.25) is 0 Å². The Kier molecular flexibility index (Phi) is 5.21. The molecule has 0 aliphatic heterocycles. The van der Waals surface area contributed by atoms with Gasteiger partial charge in [0, 0.05) is 5.57 Å². The van der Waals surface area contributed by atoms with Crippen LogP contribution in [0.2, 0.25) is 0 Å². The zero-order valence-electron chi connectivity index (χ0n) is 10.4. The van der Waals surface area contributed by atoms with Gasteiger partial charge >= 0.3 is 5.97 Å². The summed E-state index contributed by atoms with van der Waals surface area (Å²) in [6, 6.07) is 8.03. The summed E-state index contributed by atoms with van der Waals surface area (Å²) in [4.78, 5) is 11.6. The molecule has 2 heteroatoms. The lowest BCUT2D eigenvalue weighted by molar-refractivity contribution is -0.136. The van der Waals surface area contributed by atoms with Crippen molar-refractivity contribution in [3.05, 3.63) is 53.6 Å². The largest absolute Gasteiger partial charge is 0.466 e. The number of carbonyl (C=O) groups excluding carboxylic acids is 1. The third-order valence-electron chi connectivity index (χ3n) is 2.48. The fourth-order valence-corrected chi connectivity index (χ4v) is 1.49. The minimum atomic E-state index is -0.271. The molecule has 0 bridgehead atoms. The van der Waals surface area contributed by atoms with Gasteiger partial charge in [-0.1, -0.05) is 35.9 Å². The average Bonchev–Trinajstić information content (AvgIpc) is 2.36. The summed E-state index contributed by atoms with van der Waals surface area (Å²) in [5.41, 5.74) is 2.89. The molecule has 1 aromatic carbocycles. The van der Waals surface area contributed by atoms with Gasteiger partial charge in [0.2, 0.25) is 0 Å². The molecular formula is C15H18O2. The maximum Gasteiger partial charge on any atom is 0.333 e. The van der Waals surface area contributed by atoms with Gasteiger partial charge < -0.3 is 4.74 Å². The molecule has 0 unspecified atom stereocenters. The van der Waals surface area contributed by atoms with Crippen LogP contribution in [0.3, 0.4) is 0 Å². The fourth-order valence-electron chi connectivity index (χ4n) is 1.49. The zero-order valence-corrected chi connectivity index (χ0v) is 10.4. The second-order valence-corrected chi connectivity index (χ2v) is 3.90. The number of ether oxygens (including phenoxy) is 1. The van der Waals surface area contributed by atoms with Crippen LogP contribution in [-0.4, -0.2) is 13.1 Å². The number of benzene rings is 1. The highest BCUT2D eigenvalue weighted by Crippen LogP contribution is 2.14. The lowest BCUT2D eigenvalue weighted by atomic mass is 10.1. The van der Waals surface area contributed by atoms with Gasteiger partial charge in [-0.05, 0) is 31.4 Å². The van der Waals surface area contributed by atoms with Crippen molar-refractivity contribution < 1.29 is 9.53 Å². The van der Waals surface area contributed by atoms with Gasteiger partial charge in [-0.15, -0.1) is 6.58 Å². The summed E-state index contributed by atoms with van der Waals surface area (Å²) in [5, 5.41) is 0. The second kappa shape index (κ2) is 6.69. The van der Waals surface area contributed by atoms with Gasteiger partial charge in [0.25, 0.3) is 0 Å². The highest BCUT2D eigenvalue weighted by Gasteiger charge is 2.08. The zero-order chi connectivity index (χ0) is 12.7. The summed E-state index contributed by atoms with van der Waals surface area (Å²) in [6.45, 7) is 5.69. The van der Waals surface area contributed by atoms with Crippen molar-refractivity contribution in [3.63, 3.8) is 0 Å². The lowest BCUT2D eigenvalue weighted by Gasteiger charge is -2.04. The van der Waals surface area contributed by atoms with Gasteiger partial charge in [0.1, 0.15) is 0 Å². The number of hydrogen-bond acceptors (Lipinski definition) is 2. The van der Waals surface area contributed by atoms with Crippen LogP contribution < -0.4 is 0 Å². The number of esters is 1. The van der Waals surface area contributed by atoms with E-state index in [2.05, 4.69) is 6.58 Å². The first-order chi connectivity index (χ1) is 8.17. The smallest absolute Gasteiger partial charge is 0.333 e. The maximum absolute atomic E-state index is 11.6. The fraction of sp³-hybridized carbons (Fsp3) is 0.267. The van der Waals surface area contributed by atoms with Gasteiger partial charge in [-0.2, -0.15) is 0 Å². The molecule has 0 spiro atoms. The molecule has 0 aliphatic rings. The number of carbonyl (C=O) groups is 1. The number of rotatable bonds is 5. The SMILES string of the molecule is C=CCC/C(=C\c1ccc(C)cc1)C(=O)OC. The third-order valence-corrected chi connectivity index (χ3v) is 2.48. The summed E-state index contributed by atoms with van der Waals surface area (Å²) < 4.78 is 4.76. The Balaban J connectivity index is 2.91. The molecule has 1 aromatic rings. The van der Waals surface area contributed by atoms with Crippen molar-refractivity contribution in [1.82, 2.24) is 0 Å². The van der Waals surface area contributed by atoms with Crippen molar-refractivity contribution in [2.45, 2.75) is 19.8 Å². The molecule has 0 heterocycles. The van der Waals surface area contributed by atoms with E-state index >= 15 is 0 Å². The number of aryl methyl sites for hydroxylation is 1. The summed E-state index contributed by atoms with van der Waals surface area (Å²) in [6.07, 6.45) is 5.09. The van der Waals surface area contributed by atoms with Crippen molar-refractivity contribution in [2.24, 2.45) is 0 Å². The van der Waals surface area contributed by atoms with E-state index in [1.54, 1.807) is 6.08 Å². The molecule has 1 rings (SSSR count). The van der Waals surface area contributed by atoms with Gasteiger partial charge in [-0.25, -0.2) is 4.79 Å². The van der Waals surface area contributed by atoms with E-state index in [4.69, 9.17) is 4.74 Å². The topological polar surface area (TPSA) is 26.3 Å². The first-order valence-electron chi connectivity index (χ1n) is 5.64. The normalized spacial score (nSPS) is 11.1. The number of methoxy groups -OCH3 is 1. The average molecular weight is 230 g/mol. The molecule has 0 saturated carbocycles. The molecule has 0 amide bonds. The van der Waals surface area contributed by atoms with Crippen LogP contribution in [0.5, 0.6) is 0 Å². The molecule has 0 saturated heterocycles. The lowest BCUT2D eigenvalue weighted by Crippen LogP contribution is -2.04. The van der Waals surface area contributed by atoms with Gasteiger partial charge in [0.05, 0.1) is 7.11 Å². The quantitative estimate of drug-likeness (QED) is 0.439. The molecule has 0 radical (unpaired) electrons. The molecule has 0 aliphatic carbocycles. The van der Waals surface area contributed by atoms with Crippen LogP contribution in [0.4, 0.5) is 0 Å². The number of hydrogen-bond donors (Lipinski definition) is 0. The highest BCUT2D eigenvalue weighted by atomic mass is 16.5. The summed E-state index contributed by atoms with van der Waals surface area (Å²) in [5.74, 6) is -0.271. The van der Waals surface area contributed by atoms with E-state index in [0.29, 0.717) is 12.0 Å². The van der Waals surface area contributed by atoms with Crippen LogP contribution in [0, 0.1) is 6.92 Å². The van der Waals surface area contributed by atoms with Crippen molar-refractivity contribution >= 4 is 12.0 Å². The van der Waals surface area contributed by atoms with Crippen molar-refractivity contribution in [3.8, 4) is 0 Å². The predicted octanol–water partition coefficient (Wildman–Crippen LogP) is 3.52. The van der Waals surface area contributed by atoms with Crippen molar-refractivity contribution in [2.75, 3.05) is 7.11 Å².